The number of para-hydroxylation sites is 3. The molecule has 0 atom stereocenters. The van der Waals surface area contributed by atoms with Crippen LogP contribution in [0.5, 0.6) is 11.5 Å². The summed E-state index contributed by atoms with van der Waals surface area (Å²) in [5.41, 5.74) is 1.06. The van der Waals surface area contributed by atoms with E-state index >= 15 is 0 Å². The first-order chi connectivity index (χ1) is 13.7. The Morgan fingerprint density at radius 2 is 1.71 bits per heavy atom. The maximum absolute atomic E-state index is 12.2. The van der Waals surface area contributed by atoms with Crippen molar-refractivity contribution in [3.8, 4) is 11.5 Å². The first-order valence-corrected chi connectivity index (χ1v) is 9.79. The first-order valence-electron chi connectivity index (χ1n) is 9.41. The number of anilines is 1. The third kappa shape index (κ3) is 5.53. The molecule has 2 aromatic rings. The van der Waals surface area contributed by atoms with Gasteiger partial charge in [0.25, 0.3) is 0 Å². The predicted molar refractivity (Wildman–Crippen MR) is 112 cm³/mol. The summed E-state index contributed by atoms with van der Waals surface area (Å²) in [5.74, 6) is 1.37. The minimum atomic E-state index is 0.00909. The highest BCUT2D eigenvalue weighted by Crippen LogP contribution is 2.26. The normalized spacial score (nSPS) is 14.6. The lowest BCUT2D eigenvalue weighted by Gasteiger charge is -2.36. The number of carbonyl (C=O) groups excluding carboxylic acids is 1. The average Bonchev–Trinajstić information content (AvgIpc) is 2.72. The van der Waals surface area contributed by atoms with Crippen molar-refractivity contribution in [3.05, 3.63) is 53.6 Å². The number of carbonyl (C=O) groups is 1. The number of nitrogens with zero attached hydrogens (tertiary/aromatic N) is 2. The van der Waals surface area contributed by atoms with Gasteiger partial charge in [0, 0.05) is 26.2 Å². The first kappa shape index (κ1) is 20.3. The molecule has 28 heavy (non-hydrogen) atoms. The molecule has 2 aromatic carbocycles. The molecular weight excluding hydrogens is 378 g/mol. The third-order valence-corrected chi connectivity index (χ3v) is 5.00. The maximum Gasteiger partial charge on any atom is 0.234 e. The van der Waals surface area contributed by atoms with E-state index in [0.29, 0.717) is 31.2 Å². The fraction of sp³-hybridized carbons (Fsp3) is 0.381. The largest absolute Gasteiger partial charge is 0.493 e. The zero-order valence-electron chi connectivity index (χ0n) is 16.1. The third-order valence-electron chi connectivity index (χ3n) is 4.68. The number of methoxy groups -OCH3 is 1. The van der Waals surface area contributed by atoms with Gasteiger partial charge in [-0.3, -0.25) is 9.69 Å². The van der Waals surface area contributed by atoms with Gasteiger partial charge >= 0.3 is 0 Å². The monoisotopic (exact) mass is 403 g/mol. The van der Waals surface area contributed by atoms with Crippen LogP contribution in [0.15, 0.2) is 48.5 Å². The lowest BCUT2D eigenvalue weighted by molar-refractivity contribution is -0.122. The number of rotatable bonds is 8. The molecule has 1 fully saturated rings. The van der Waals surface area contributed by atoms with E-state index in [4.69, 9.17) is 21.1 Å². The van der Waals surface area contributed by atoms with Gasteiger partial charge in [0.2, 0.25) is 5.91 Å². The molecule has 1 saturated heterocycles. The molecule has 0 aromatic heterocycles. The number of hydrogen-bond acceptors (Lipinski definition) is 5. The fourth-order valence-corrected chi connectivity index (χ4v) is 3.46. The Labute approximate surface area is 171 Å². The van der Waals surface area contributed by atoms with E-state index in [1.54, 1.807) is 7.11 Å². The Balaban J connectivity index is 1.35. The molecule has 0 saturated carbocycles. The summed E-state index contributed by atoms with van der Waals surface area (Å²) in [4.78, 5) is 16.6. The Morgan fingerprint density at radius 1 is 1.04 bits per heavy atom. The molecule has 0 bridgehead atoms. The molecule has 0 unspecified atom stereocenters. The van der Waals surface area contributed by atoms with E-state index in [1.807, 2.05) is 48.5 Å². The highest BCUT2D eigenvalue weighted by Gasteiger charge is 2.20. The van der Waals surface area contributed by atoms with Crippen LogP contribution < -0.4 is 19.7 Å². The Morgan fingerprint density at radius 3 is 2.43 bits per heavy atom. The fourth-order valence-electron chi connectivity index (χ4n) is 3.20. The second-order valence-electron chi connectivity index (χ2n) is 6.56. The van der Waals surface area contributed by atoms with Crippen molar-refractivity contribution in [2.45, 2.75) is 0 Å². The van der Waals surface area contributed by atoms with Crippen LogP contribution in [0.2, 0.25) is 5.02 Å². The molecule has 1 heterocycles. The highest BCUT2D eigenvalue weighted by atomic mass is 35.5. The second kappa shape index (κ2) is 10.2. The van der Waals surface area contributed by atoms with Gasteiger partial charge in [0.1, 0.15) is 6.61 Å². The van der Waals surface area contributed by atoms with Crippen LogP contribution in [-0.2, 0) is 4.79 Å². The van der Waals surface area contributed by atoms with Crippen molar-refractivity contribution in [3.63, 3.8) is 0 Å². The molecule has 7 heteroatoms. The summed E-state index contributed by atoms with van der Waals surface area (Å²) in [6, 6.07) is 15.3. The van der Waals surface area contributed by atoms with Crippen LogP contribution >= 0.6 is 11.6 Å². The lowest BCUT2D eigenvalue weighted by atomic mass is 10.2. The number of nitrogens with one attached hydrogen (secondary N) is 1. The molecule has 150 valence electrons. The van der Waals surface area contributed by atoms with E-state index in [-0.39, 0.29) is 5.91 Å². The van der Waals surface area contributed by atoms with Gasteiger partial charge < -0.3 is 19.7 Å². The summed E-state index contributed by atoms with van der Waals surface area (Å²) in [5, 5.41) is 3.68. The van der Waals surface area contributed by atoms with Crippen LogP contribution in [0.1, 0.15) is 0 Å². The van der Waals surface area contributed by atoms with Crippen molar-refractivity contribution >= 4 is 23.2 Å². The summed E-state index contributed by atoms with van der Waals surface area (Å²) in [6.07, 6.45) is 0. The van der Waals surface area contributed by atoms with Gasteiger partial charge in [0.15, 0.2) is 11.5 Å². The summed E-state index contributed by atoms with van der Waals surface area (Å²) < 4.78 is 10.9. The van der Waals surface area contributed by atoms with E-state index in [1.165, 1.54) is 0 Å². The lowest BCUT2D eigenvalue weighted by Crippen LogP contribution is -2.49. The predicted octanol–water partition coefficient (Wildman–Crippen LogP) is 2.67. The summed E-state index contributed by atoms with van der Waals surface area (Å²) >= 11 is 6.27. The van der Waals surface area contributed by atoms with Gasteiger partial charge in [-0.05, 0) is 24.3 Å². The van der Waals surface area contributed by atoms with E-state index in [2.05, 4.69) is 15.1 Å². The average molecular weight is 404 g/mol. The molecule has 1 N–H and O–H groups in total. The molecule has 3 rings (SSSR count). The van der Waals surface area contributed by atoms with Gasteiger partial charge in [-0.15, -0.1) is 0 Å². The summed E-state index contributed by atoms with van der Waals surface area (Å²) in [7, 11) is 1.61. The minimum absolute atomic E-state index is 0.00909. The van der Waals surface area contributed by atoms with Gasteiger partial charge in [-0.1, -0.05) is 35.9 Å². The van der Waals surface area contributed by atoms with Gasteiger partial charge in [0.05, 0.1) is 30.9 Å². The van der Waals surface area contributed by atoms with Crippen LogP contribution in [0.4, 0.5) is 5.69 Å². The Kier molecular flexibility index (Phi) is 7.39. The molecule has 0 aliphatic carbocycles. The smallest absolute Gasteiger partial charge is 0.234 e. The van der Waals surface area contributed by atoms with Crippen molar-refractivity contribution in [2.24, 2.45) is 0 Å². The van der Waals surface area contributed by atoms with Gasteiger partial charge in [-0.25, -0.2) is 0 Å². The number of amides is 1. The quantitative estimate of drug-likeness (QED) is 0.687. The molecule has 1 aliphatic rings. The van der Waals surface area contributed by atoms with Crippen molar-refractivity contribution in [1.82, 2.24) is 10.2 Å². The van der Waals surface area contributed by atoms with Crippen LogP contribution in [0, 0.1) is 0 Å². The van der Waals surface area contributed by atoms with E-state index in [0.717, 1.165) is 36.9 Å². The van der Waals surface area contributed by atoms with Gasteiger partial charge in [-0.2, -0.15) is 0 Å². The van der Waals surface area contributed by atoms with Crippen molar-refractivity contribution in [2.75, 3.05) is 57.9 Å². The van der Waals surface area contributed by atoms with Crippen molar-refractivity contribution in [1.29, 1.82) is 0 Å². The Bertz CT molecular complexity index is 779. The van der Waals surface area contributed by atoms with Crippen LogP contribution in [0.25, 0.3) is 0 Å². The molecular formula is C21H26ClN3O3. The number of ether oxygens (including phenoxy) is 2. The Hall–Kier alpha value is -2.44. The number of benzene rings is 2. The molecule has 1 aliphatic heterocycles. The number of hydrogen-bond donors (Lipinski definition) is 1. The van der Waals surface area contributed by atoms with Crippen LogP contribution in [-0.4, -0.2) is 63.8 Å². The second-order valence-corrected chi connectivity index (χ2v) is 6.97. The highest BCUT2D eigenvalue weighted by molar-refractivity contribution is 6.33. The number of piperazine rings is 1. The minimum Gasteiger partial charge on any atom is -0.493 e. The zero-order valence-corrected chi connectivity index (χ0v) is 16.8. The zero-order chi connectivity index (χ0) is 19.8. The molecule has 6 nitrogen and oxygen atoms in total. The topological polar surface area (TPSA) is 54.0 Å². The standard InChI is InChI=1S/C21H26ClN3O3/c1-27-19-8-4-5-9-20(19)28-15-10-23-21(26)16-24-11-13-25(14-12-24)18-7-3-2-6-17(18)22/h2-9H,10-16H2,1H3,(H,23,26). The van der Waals surface area contributed by atoms with Crippen LogP contribution in [0.3, 0.4) is 0 Å². The maximum atomic E-state index is 12.2. The molecule has 0 radical (unpaired) electrons. The number of halogens is 1. The summed E-state index contributed by atoms with van der Waals surface area (Å²) in [6.45, 7) is 4.61. The molecule has 1 amide bonds. The SMILES string of the molecule is COc1ccccc1OCCNC(=O)CN1CCN(c2ccccc2Cl)CC1. The van der Waals surface area contributed by atoms with E-state index in [9.17, 15) is 4.79 Å². The van der Waals surface area contributed by atoms with E-state index < -0.39 is 0 Å². The van der Waals surface area contributed by atoms with Crippen molar-refractivity contribution < 1.29 is 14.3 Å². The molecule has 0 spiro atoms.